The fraction of sp³-hybridized carbons (Fsp3) is 0.0909. The maximum Gasteiger partial charge on any atom is 0.261 e. The van der Waals surface area contributed by atoms with E-state index in [0.29, 0.717) is 5.69 Å². The van der Waals surface area contributed by atoms with Gasteiger partial charge in [-0.05, 0) is 67.4 Å². The molecule has 0 bridgehead atoms. The Balaban J connectivity index is 1.84. The highest BCUT2D eigenvalue weighted by Crippen LogP contribution is 2.19. The minimum atomic E-state index is -3.63. The van der Waals surface area contributed by atoms with Gasteiger partial charge in [-0.1, -0.05) is 42.2 Å². The van der Waals surface area contributed by atoms with Crippen molar-refractivity contribution in [1.82, 2.24) is 0 Å². The summed E-state index contributed by atoms with van der Waals surface area (Å²) >= 11 is 0. The van der Waals surface area contributed by atoms with Gasteiger partial charge in [0, 0.05) is 11.1 Å². The molecule has 0 saturated carbocycles. The lowest BCUT2D eigenvalue weighted by Crippen LogP contribution is -2.13. The molecule has 0 aliphatic carbocycles. The van der Waals surface area contributed by atoms with E-state index in [1.54, 1.807) is 30.3 Å². The Bertz CT molecular complexity index is 1090. The van der Waals surface area contributed by atoms with Crippen molar-refractivity contribution in [3.8, 4) is 11.8 Å². The highest BCUT2D eigenvalue weighted by Gasteiger charge is 2.14. The molecule has 26 heavy (non-hydrogen) atoms. The van der Waals surface area contributed by atoms with Crippen molar-refractivity contribution >= 4 is 15.7 Å². The van der Waals surface area contributed by atoms with Crippen LogP contribution in [0.15, 0.2) is 77.7 Å². The fourth-order valence-electron chi connectivity index (χ4n) is 2.42. The average Bonchev–Trinajstić information content (AvgIpc) is 2.63. The summed E-state index contributed by atoms with van der Waals surface area (Å²) in [5, 5.41) is 0. The standard InChI is InChI=1S/C22H19NO2S/c1-17-11-14-22(15-18(17)2)26(24,25)23-21-10-6-9-20(16-21)13-12-19-7-4-3-5-8-19/h3-11,14-16,23H,1-2H3. The van der Waals surface area contributed by atoms with Crippen LogP contribution in [0.2, 0.25) is 0 Å². The van der Waals surface area contributed by atoms with Crippen molar-refractivity contribution in [2.24, 2.45) is 0 Å². The van der Waals surface area contributed by atoms with Crippen molar-refractivity contribution in [3.05, 3.63) is 95.1 Å². The zero-order chi connectivity index (χ0) is 18.6. The van der Waals surface area contributed by atoms with E-state index in [-0.39, 0.29) is 4.90 Å². The van der Waals surface area contributed by atoms with Crippen molar-refractivity contribution in [2.45, 2.75) is 18.7 Å². The van der Waals surface area contributed by atoms with Gasteiger partial charge in [-0.2, -0.15) is 0 Å². The first kappa shape index (κ1) is 17.8. The van der Waals surface area contributed by atoms with E-state index in [1.165, 1.54) is 0 Å². The number of nitrogens with one attached hydrogen (secondary N) is 1. The lowest BCUT2D eigenvalue weighted by Gasteiger charge is -2.10. The zero-order valence-corrected chi connectivity index (χ0v) is 15.5. The molecule has 0 radical (unpaired) electrons. The highest BCUT2D eigenvalue weighted by atomic mass is 32.2. The molecule has 0 atom stereocenters. The minimum absolute atomic E-state index is 0.251. The predicted molar refractivity (Wildman–Crippen MR) is 106 cm³/mol. The molecule has 1 N–H and O–H groups in total. The Morgan fingerprint density at radius 1 is 0.731 bits per heavy atom. The van der Waals surface area contributed by atoms with Gasteiger partial charge in [0.1, 0.15) is 0 Å². The Morgan fingerprint density at radius 2 is 1.42 bits per heavy atom. The molecule has 0 saturated heterocycles. The molecule has 3 aromatic rings. The van der Waals surface area contributed by atoms with Gasteiger partial charge in [-0.3, -0.25) is 4.72 Å². The summed E-state index contributed by atoms with van der Waals surface area (Å²) in [4.78, 5) is 0.251. The van der Waals surface area contributed by atoms with Crippen LogP contribution in [0.5, 0.6) is 0 Å². The van der Waals surface area contributed by atoms with E-state index in [4.69, 9.17) is 0 Å². The van der Waals surface area contributed by atoms with E-state index in [0.717, 1.165) is 22.3 Å². The van der Waals surface area contributed by atoms with Gasteiger partial charge in [-0.25, -0.2) is 8.42 Å². The Morgan fingerprint density at radius 3 is 2.15 bits per heavy atom. The quantitative estimate of drug-likeness (QED) is 0.698. The maximum absolute atomic E-state index is 12.6. The Kier molecular flexibility index (Phi) is 5.11. The summed E-state index contributed by atoms with van der Waals surface area (Å²) < 4.78 is 27.8. The van der Waals surface area contributed by atoms with E-state index >= 15 is 0 Å². The monoisotopic (exact) mass is 361 g/mol. The van der Waals surface area contributed by atoms with Gasteiger partial charge < -0.3 is 0 Å². The molecule has 4 heteroatoms. The van der Waals surface area contributed by atoms with Crippen molar-refractivity contribution < 1.29 is 8.42 Å². The third-order valence-electron chi connectivity index (χ3n) is 4.03. The number of sulfonamides is 1. The number of aryl methyl sites for hydroxylation is 2. The molecular formula is C22H19NO2S. The lowest BCUT2D eigenvalue weighted by molar-refractivity contribution is 0.601. The van der Waals surface area contributed by atoms with E-state index in [2.05, 4.69) is 16.6 Å². The normalized spacial score (nSPS) is 10.7. The average molecular weight is 361 g/mol. The number of hydrogen-bond donors (Lipinski definition) is 1. The third kappa shape index (κ3) is 4.33. The molecule has 0 aromatic heterocycles. The highest BCUT2D eigenvalue weighted by molar-refractivity contribution is 7.92. The van der Waals surface area contributed by atoms with Crippen molar-refractivity contribution in [1.29, 1.82) is 0 Å². The van der Waals surface area contributed by atoms with Crippen LogP contribution in [0.4, 0.5) is 5.69 Å². The predicted octanol–water partition coefficient (Wildman–Crippen LogP) is 4.50. The van der Waals surface area contributed by atoms with Gasteiger partial charge >= 0.3 is 0 Å². The number of hydrogen-bond acceptors (Lipinski definition) is 2. The van der Waals surface area contributed by atoms with Crippen LogP contribution in [0.1, 0.15) is 22.3 Å². The van der Waals surface area contributed by atoms with Crippen LogP contribution in [0, 0.1) is 25.7 Å². The summed E-state index contributed by atoms with van der Waals surface area (Å²) in [5.74, 6) is 6.13. The van der Waals surface area contributed by atoms with Crippen molar-refractivity contribution in [2.75, 3.05) is 4.72 Å². The molecule has 0 aliphatic rings. The van der Waals surface area contributed by atoms with Crippen LogP contribution >= 0.6 is 0 Å². The SMILES string of the molecule is Cc1ccc(S(=O)(=O)Nc2cccc(C#Cc3ccccc3)c2)cc1C. The first-order valence-corrected chi connectivity index (χ1v) is 9.69. The van der Waals surface area contributed by atoms with Crippen LogP contribution in [-0.2, 0) is 10.0 Å². The van der Waals surface area contributed by atoms with Crippen LogP contribution in [-0.4, -0.2) is 8.42 Å². The van der Waals surface area contributed by atoms with Gasteiger partial charge in [-0.15, -0.1) is 0 Å². The van der Waals surface area contributed by atoms with Crippen LogP contribution in [0.3, 0.4) is 0 Å². The second kappa shape index (κ2) is 7.47. The first-order valence-electron chi connectivity index (χ1n) is 8.21. The van der Waals surface area contributed by atoms with Crippen molar-refractivity contribution in [3.63, 3.8) is 0 Å². The van der Waals surface area contributed by atoms with Crippen LogP contribution < -0.4 is 4.72 Å². The summed E-state index contributed by atoms with van der Waals surface area (Å²) in [6.07, 6.45) is 0. The maximum atomic E-state index is 12.6. The Labute approximate surface area is 154 Å². The summed E-state index contributed by atoms with van der Waals surface area (Å²) in [6.45, 7) is 3.85. The van der Waals surface area contributed by atoms with Crippen LogP contribution in [0.25, 0.3) is 0 Å². The van der Waals surface area contributed by atoms with E-state index in [1.807, 2.05) is 56.3 Å². The third-order valence-corrected chi connectivity index (χ3v) is 5.41. The lowest BCUT2D eigenvalue weighted by atomic mass is 10.1. The Hall–Kier alpha value is -3.03. The number of anilines is 1. The molecule has 3 aromatic carbocycles. The largest absolute Gasteiger partial charge is 0.280 e. The first-order chi connectivity index (χ1) is 12.4. The second-order valence-corrected chi connectivity index (χ2v) is 7.73. The molecule has 0 heterocycles. The van der Waals surface area contributed by atoms with Gasteiger partial charge in [0.25, 0.3) is 10.0 Å². The molecule has 0 amide bonds. The molecule has 0 fully saturated rings. The van der Waals surface area contributed by atoms with Gasteiger partial charge in [0.05, 0.1) is 10.6 Å². The van der Waals surface area contributed by atoms with E-state index < -0.39 is 10.0 Å². The molecule has 0 spiro atoms. The summed E-state index contributed by atoms with van der Waals surface area (Å²) in [7, 11) is -3.63. The molecular weight excluding hydrogens is 342 g/mol. The fourth-order valence-corrected chi connectivity index (χ4v) is 3.56. The van der Waals surface area contributed by atoms with E-state index in [9.17, 15) is 8.42 Å². The number of benzene rings is 3. The molecule has 0 unspecified atom stereocenters. The topological polar surface area (TPSA) is 46.2 Å². The summed E-state index contributed by atoms with van der Waals surface area (Å²) in [5.41, 5.74) is 4.14. The molecule has 3 rings (SSSR count). The summed E-state index contributed by atoms with van der Waals surface area (Å²) in [6, 6.07) is 21.8. The zero-order valence-electron chi connectivity index (χ0n) is 14.7. The second-order valence-electron chi connectivity index (χ2n) is 6.05. The smallest absolute Gasteiger partial charge is 0.261 e. The minimum Gasteiger partial charge on any atom is -0.280 e. The number of rotatable bonds is 3. The van der Waals surface area contributed by atoms with Gasteiger partial charge in [0.15, 0.2) is 0 Å². The molecule has 0 aliphatic heterocycles. The molecule has 130 valence electrons. The molecule has 3 nitrogen and oxygen atoms in total. The van der Waals surface area contributed by atoms with Gasteiger partial charge in [0.2, 0.25) is 0 Å².